The van der Waals surface area contributed by atoms with Gasteiger partial charge in [0.15, 0.2) is 0 Å². The molecule has 25 heavy (non-hydrogen) atoms. The largest absolute Gasteiger partial charge is 0.456 e. The Bertz CT molecular complexity index is 1070. The van der Waals surface area contributed by atoms with E-state index in [1.54, 1.807) is 6.20 Å². The van der Waals surface area contributed by atoms with Crippen LogP contribution in [0.3, 0.4) is 0 Å². The number of tetrazole rings is 1. The van der Waals surface area contributed by atoms with E-state index in [2.05, 4.69) is 25.9 Å². The van der Waals surface area contributed by atoms with E-state index in [-0.39, 0.29) is 11.4 Å². The van der Waals surface area contributed by atoms with Gasteiger partial charge in [-0.25, -0.2) is 0 Å². The van der Waals surface area contributed by atoms with Crippen LogP contribution in [0.4, 0.5) is 5.69 Å². The average molecular weight is 328 g/mol. The second-order valence-electron chi connectivity index (χ2n) is 5.28. The molecule has 0 amide bonds. The molecule has 2 aromatic carbocycles. The van der Waals surface area contributed by atoms with Gasteiger partial charge in [-0.15, -0.1) is 10.2 Å². The number of nitriles is 1. The lowest BCUT2D eigenvalue weighted by Crippen LogP contribution is -1.92. The van der Waals surface area contributed by atoms with Crippen molar-refractivity contribution in [2.75, 3.05) is 5.32 Å². The molecule has 7 heteroatoms. The lowest BCUT2D eigenvalue weighted by atomic mass is 10.1. The number of fused-ring (bicyclic) bond motifs is 1. The molecule has 0 saturated carbocycles. The second-order valence-corrected chi connectivity index (χ2v) is 5.28. The minimum Gasteiger partial charge on any atom is -0.456 e. The van der Waals surface area contributed by atoms with Crippen molar-refractivity contribution in [1.29, 1.82) is 5.26 Å². The number of allylic oxidation sites excluding steroid dienone is 1. The molecule has 2 heterocycles. The lowest BCUT2D eigenvalue weighted by molar-refractivity contribution is 0.631. The molecule has 7 nitrogen and oxygen atoms in total. The van der Waals surface area contributed by atoms with Crippen molar-refractivity contribution in [2.45, 2.75) is 0 Å². The van der Waals surface area contributed by atoms with Gasteiger partial charge in [-0.3, -0.25) is 0 Å². The number of hydrogen-bond donors (Lipinski definition) is 2. The molecule has 2 aromatic heterocycles. The zero-order chi connectivity index (χ0) is 17.1. The summed E-state index contributed by atoms with van der Waals surface area (Å²) in [5, 5.41) is 26.6. The summed E-state index contributed by atoms with van der Waals surface area (Å²) in [6.45, 7) is 0. The van der Waals surface area contributed by atoms with Crippen LogP contribution in [0.25, 0.3) is 27.9 Å². The van der Waals surface area contributed by atoms with Gasteiger partial charge < -0.3 is 9.73 Å². The number of benzene rings is 2. The Labute approximate surface area is 142 Å². The molecule has 0 aliphatic rings. The van der Waals surface area contributed by atoms with E-state index in [4.69, 9.17) is 4.42 Å². The average Bonchev–Trinajstić information content (AvgIpc) is 3.32. The van der Waals surface area contributed by atoms with E-state index in [9.17, 15) is 5.26 Å². The topological polar surface area (TPSA) is 103 Å². The Morgan fingerprint density at radius 2 is 2.04 bits per heavy atom. The van der Waals surface area contributed by atoms with Crippen LogP contribution in [0.15, 0.2) is 65.2 Å². The number of H-pyrrole nitrogens is 1. The monoisotopic (exact) mass is 328 g/mol. The highest BCUT2D eigenvalue weighted by atomic mass is 16.3. The first-order chi connectivity index (χ1) is 12.3. The first kappa shape index (κ1) is 14.7. The molecule has 0 radical (unpaired) electrons. The van der Waals surface area contributed by atoms with Gasteiger partial charge in [0, 0.05) is 22.8 Å². The van der Waals surface area contributed by atoms with E-state index < -0.39 is 0 Å². The molecular formula is C18H12N6O. The van der Waals surface area contributed by atoms with Crippen molar-refractivity contribution < 1.29 is 4.42 Å². The zero-order valence-corrected chi connectivity index (χ0v) is 13.0. The fraction of sp³-hybridized carbons (Fsp3) is 0. The second kappa shape index (κ2) is 6.29. The Balaban J connectivity index is 1.62. The summed E-state index contributed by atoms with van der Waals surface area (Å²) in [6, 6.07) is 19.7. The van der Waals surface area contributed by atoms with Crippen molar-refractivity contribution in [3.63, 3.8) is 0 Å². The Morgan fingerprint density at radius 1 is 1.16 bits per heavy atom. The van der Waals surface area contributed by atoms with E-state index >= 15 is 0 Å². The summed E-state index contributed by atoms with van der Waals surface area (Å²) in [6.07, 6.45) is 1.55. The number of aromatic amines is 1. The number of rotatable bonds is 4. The Hall–Kier alpha value is -3.92. The maximum Gasteiger partial charge on any atom is 0.216 e. The molecule has 0 atom stereocenters. The van der Waals surface area contributed by atoms with Crippen LogP contribution >= 0.6 is 0 Å². The Kier molecular flexibility index (Phi) is 3.69. The van der Waals surface area contributed by atoms with Gasteiger partial charge in [0.25, 0.3) is 0 Å². The predicted octanol–water partition coefficient (Wildman–Crippen LogP) is 3.59. The van der Waals surface area contributed by atoms with Crippen LogP contribution in [0.2, 0.25) is 0 Å². The van der Waals surface area contributed by atoms with Crippen molar-refractivity contribution in [3.05, 3.63) is 66.6 Å². The van der Waals surface area contributed by atoms with Gasteiger partial charge in [0.2, 0.25) is 5.82 Å². The summed E-state index contributed by atoms with van der Waals surface area (Å²) in [4.78, 5) is 0. The van der Waals surface area contributed by atoms with Crippen molar-refractivity contribution in [2.24, 2.45) is 0 Å². The summed E-state index contributed by atoms with van der Waals surface area (Å²) in [5.41, 5.74) is 2.93. The number of hydrogen-bond acceptors (Lipinski definition) is 6. The van der Waals surface area contributed by atoms with E-state index in [0.717, 1.165) is 28.0 Å². The molecule has 2 N–H and O–H groups in total. The summed E-state index contributed by atoms with van der Waals surface area (Å²) < 4.78 is 5.89. The van der Waals surface area contributed by atoms with Gasteiger partial charge in [-0.2, -0.15) is 10.5 Å². The number of anilines is 1. The smallest absolute Gasteiger partial charge is 0.216 e. The number of nitrogens with zero attached hydrogens (tertiary/aromatic N) is 4. The quantitative estimate of drug-likeness (QED) is 0.555. The summed E-state index contributed by atoms with van der Waals surface area (Å²) >= 11 is 0. The standard InChI is InChI=1S/C18H12N6O/c19-10-14(18-21-23-24-22-18)11-20-15-6-7-16-13(8-15)9-17(25-16)12-4-2-1-3-5-12/h1-9,11,20H,(H,21,22,23,24). The molecule has 0 spiro atoms. The Morgan fingerprint density at radius 3 is 2.80 bits per heavy atom. The first-order valence-corrected chi connectivity index (χ1v) is 7.53. The van der Waals surface area contributed by atoms with Crippen LogP contribution in [-0.4, -0.2) is 20.6 Å². The van der Waals surface area contributed by atoms with Crippen molar-refractivity contribution >= 4 is 22.2 Å². The first-order valence-electron chi connectivity index (χ1n) is 7.53. The molecule has 0 unspecified atom stereocenters. The maximum absolute atomic E-state index is 9.18. The third kappa shape index (κ3) is 2.96. The molecule has 0 bridgehead atoms. The van der Waals surface area contributed by atoms with Crippen molar-refractivity contribution in [1.82, 2.24) is 20.6 Å². The maximum atomic E-state index is 9.18. The SMILES string of the molecule is N#CC(=CNc1ccc2oc(-c3ccccc3)cc2c1)c1nn[nH]n1. The lowest BCUT2D eigenvalue weighted by Gasteiger charge is -2.00. The van der Waals surface area contributed by atoms with Gasteiger partial charge in [-0.1, -0.05) is 30.3 Å². The number of aromatic nitrogens is 4. The third-order valence-corrected chi connectivity index (χ3v) is 3.66. The fourth-order valence-corrected chi connectivity index (χ4v) is 2.46. The third-order valence-electron chi connectivity index (χ3n) is 3.66. The van der Waals surface area contributed by atoms with Gasteiger partial charge in [0.05, 0.1) is 0 Å². The highest BCUT2D eigenvalue weighted by Gasteiger charge is 2.08. The molecule has 0 aliphatic carbocycles. The molecule has 4 rings (SSSR count). The fourth-order valence-electron chi connectivity index (χ4n) is 2.46. The molecule has 0 saturated heterocycles. The molecular weight excluding hydrogens is 316 g/mol. The number of furan rings is 1. The van der Waals surface area contributed by atoms with E-state index in [0.29, 0.717) is 0 Å². The van der Waals surface area contributed by atoms with Crippen LogP contribution in [0.5, 0.6) is 0 Å². The molecule has 0 aliphatic heterocycles. The predicted molar refractivity (Wildman–Crippen MR) is 93.0 cm³/mol. The minimum atomic E-state index is 0.241. The molecule has 0 fully saturated rings. The van der Waals surface area contributed by atoms with Crippen LogP contribution in [0.1, 0.15) is 5.82 Å². The number of nitrogens with one attached hydrogen (secondary N) is 2. The van der Waals surface area contributed by atoms with E-state index in [1.165, 1.54) is 0 Å². The highest BCUT2D eigenvalue weighted by molar-refractivity contribution is 5.86. The highest BCUT2D eigenvalue weighted by Crippen LogP contribution is 2.29. The zero-order valence-electron chi connectivity index (χ0n) is 13.0. The van der Waals surface area contributed by atoms with Gasteiger partial charge >= 0.3 is 0 Å². The van der Waals surface area contributed by atoms with Crippen LogP contribution < -0.4 is 5.32 Å². The van der Waals surface area contributed by atoms with Crippen LogP contribution in [-0.2, 0) is 0 Å². The minimum absolute atomic E-state index is 0.241. The van der Waals surface area contributed by atoms with Gasteiger partial charge in [0.1, 0.15) is 23.0 Å². The van der Waals surface area contributed by atoms with Gasteiger partial charge in [-0.05, 0) is 29.5 Å². The summed E-state index contributed by atoms with van der Waals surface area (Å²) in [7, 11) is 0. The molecule has 4 aromatic rings. The summed E-state index contributed by atoms with van der Waals surface area (Å²) in [5.74, 6) is 1.05. The van der Waals surface area contributed by atoms with E-state index in [1.807, 2.05) is 60.7 Å². The molecule has 120 valence electrons. The normalized spacial score (nSPS) is 11.4. The van der Waals surface area contributed by atoms with Crippen LogP contribution in [0, 0.1) is 11.3 Å². The van der Waals surface area contributed by atoms with Crippen molar-refractivity contribution in [3.8, 4) is 17.4 Å².